The van der Waals surface area contributed by atoms with Gasteiger partial charge in [0.2, 0.25) is 5.88 Å². The summed E-state index contributed by atoms with van der Waals surface area (Å²) in [5, 5.41) is 8.42. The van der Waals surface area contributed by atoms with Crippen LogP contribution in [-0.2, 0) is 4.79 Å². The number of hydrogen-bond acceptors (Lipinski definition) is 4. The smallest absolute Gasteiger partial charge is 0.341 e. The number of ether oxygens (including phenoxy) is 1. The molecule has 14 heavy (non-hydrogen) atoms. The monoisotopic (exact) mass is 196 g/mol. The number of carboxylic acid groups (broad SMARTS) is 1. The Bertz CT molecular complexity index is 363. The van der Waals surface area contributed by atoms with Crippen molar-refractivity contribution in [2.75, 3.05) is 6.61 Å². The third-order valence-corrected chi connectivity index (χ3v) is 1.77. The molecule has 0 radical (unpaired) electrons. The van der Waals surface area contributed by atoms with Gasteiger partial charge in [-0.15, -0.1) is 0 Å². The molecule has 5 heteroatoms. The number of nitrogens with zero attached hydrogens (tertiary/aromatic N) is 2. The molecule has 1 aromatic heterocycles. The van der Waals surface area contributed by atoms with Gasteiger partial charge in [0.05, 0.1) is 17.1 Å². The predicted molar refractivity (Wildman–Crippen MR) is 49.4 cm³/mol. The van der Waals surface area contributed by atoms with E-state index in [1.54, 1.807) is 13.8 Å². The molecule has 0 aliphatic carbocycles. The summed E-state index contributed by atoms with van der Waals surface area (Å²) in [5.74, 6) is -0.736. The van der Waals surface area contributed by atoms with Crippen LogP contribution in [0.25, 0.3) is 0 Å². The Morgan fingerprint density at radius 3 is 2.36 bits per heavy atom. The fraction of sp³-hybridized carbons (Fsp3) is 0.444. The second-order valence-corrected chi connectivity index (χ2v) is 2.97. The van der Waals surface area contributed by atoms with Crippen molar-refractivity contribution in [3.63, 3.8) is 0 Å². The molecule has 0 aromatic carbocycles. The van der Waals surface area contributed by atoms with Crippen molar-refractivity contribution in [2.24, 2.45) is 0 Å². The summed E-state index contributed by atoms with van der Waals surface area (Å²) in [6.07, 6.45) is 0. The maximum absolute atomic E-state index is 10.3. The molecule has 5 nitrogen and oxygen atoms in total. The molecule has 0 fully saturated rings. The van der Waals surface area contributed by atoms with Gasteiger partial charge < -0.3 is 9.84 Å². The van der Waals surface area contributed by atoms with Crippen molar-refractivity contribution in [3.05, 3.63) is 17.1 Å². The first-order chi connectivity index (χ1) is 6.50. The quantitative estimate of drug-likeness (QED) is 0.776. The van der Waals surface area contributed by atoms with E-state index in [0.29, 0.717) is 5.69 Å². The minimum atomic E-state index is -1.02. The summed E-state index contributed by atoms with van der Waals surface area (Å²) in [6, 6.07) is 0. The average molecular weight is 196 g/mol. The molecule has 0 bridgehead atoms. The Morgan fingerprint density at radius 1 is 1.21 bits per heavy atom. The van der Waals surface area contributed by atoms with Crippen LogP contribution < -0.4 is 4.74 Å². The predicted octanol–water partition coefficient (Wildman–Crippen LogP) is 0.865. The summed E-state index contributed by atoms with van der Waals surface area (Å²) < 4.78 is 4.96. The van der Waals surface area contributed by atoms with E-state index in [0.717, 1.165) is 11.4 Å². The maximum atomic E-state index is 10.3. The van der Waals surface area contributed by atoms with E-state index < -0.39 is 12.6 Å². The van der Waals surface area contributed by atoms with Gasteiger partial charge in [-0.25, -0.2) is 9.78 Å². The molecular weight excluding hydrogens is 184 g/mol. The first kappa shape index (κ1) is 10.4. The van der Waals surface area contributed by atoms with E-state index in [2.05, 4.69) is 9.97 Å². The van der Waals surface area contributed by atoms with E-state index in [1.807, 2.05) is 6.92 Å². The van der Waals surface area contributed by atoms with Crippen LogP contribution in [0.15, 0.2) is 0 Å². The first-order valence-corrected chi connectivity index (χ1v) is 4.17. The number of aryl methyl sites for hydroxylation is 3. The zero-order valence-electron chi connectivity index (χ0n) is 8.37. The molecule has 1 heterocycles. The summed E-state index contributed by atoms with van der Waals surface area (Å²) in [4.78, 5) is 18.5. The van der Waals surface area contributed by atoms with Crippen LogP contribution in [0.5, 0.6) is 5.88 Å². The molecule has 0 aliphatic heterocycles. The zero-order valence-corrected chi connectivity index (χ0v) is 8.37. The van der Waals surface area contributed by atoms with Gasteiger partial charge in [0.25, 0.3) is 0 Å². The summed E-state index contributed by atoms with van der Waals surface area (Å²) >= 11 is 0. The Kier molecular flexibility index (Phi) is 3.01. The highest BCUT2D eigenvalue weighted by Crippen LogP contribution is 2.14. The highest BCUT2D eigenvalue weighted by molar-refractivity contribution is 5.68. The van der Waals surface area contributed by atoms with Crippen molar-refractivity contribution < 1.29 is 14.6 Å². The van der Waals surface area contributed by atoms with Gasteiger partial charge in [0.15, 0.2) is 6.61 Å². The van der Waals surface area contributed by atoms with Crippen molar-refractivity contribution in [1.29, 1.82) is 0 Å². The number of carbonyl (C=O) groups is 1. The Labute approximate surface area is 81.8 Å². The second-order valence-electron chi connectivity index (χ2n) is 2.97. The van der Waals surface area contributed by atoms with Gasteiger partial charge in [0.1, 0.15) is 0 Å². The Hall–Kier alpha value is -1.65. The Morgan fingerprint density at radius 2 is 1.79 bits per heavy atom. The lowest BCUT2D eigenvalue weighted by atomic mass is 10.3. The van der Waals surface area contributed by atoms with Crippen LogP contribution in [0.1, 0.15) is 17.1 Å². The molecule has 76 valence electrons. The third-order valence-electron chi connectivity index (χ3n) is 1.77. The third kappa shape index (κ3) is 2.42. The van der Waals surface area contributed by atoms with Crippen molar-refractivity contribution >= 4 is 5.97 Å². The zero-order chi connectivity index (χ0) is 10.7. The minimum absolute atomic E-state index is 0.288. The SMILES string of the molecule is Cc1nc(C)c(OCC(=O)O)nc1C. The van der Waals surface area contributed by atoms with Crippen LogP contribution in [0.2, 0.25) is 0 Å². The average Bonchev–Trinajstić information content (AvgIpc) is 2.09. The van der Waals surface area contributed by atoms with Crippen LogP contribution in [0.4, 0.5) is 0 Å². The number of aliphatic carboxylic acids is 1. The minimum Gasteiger partial charge on any atom is -0.479 e. The molecule has 0 amide bonds. The molecule has 0 aliphatic rings. The topological polar surface area (TPSA) is 72.3 Å². The lowest BCUT2D eigenvalue weighted by Crippen LogP contribution is -2.12. The van der Waals surface area contributed by atoms with E-state index in [9.17, 15) is 4.79 Å². The van der Waals surface area contributed by atoms with E-state index >= 15 is 0 Å². The van der Waals surface area contributed by atoms with Gasteiger partial charge in [-0.2, -0.15) is 0 Å². The van der Waals surface area contributed by atoms with Gasteiger partial charge in [-0.05, 0) is 20.8 Å². The fourth-order valence-corrected chi connectivity index (χ4v) is 0.961. The lowest BCUT2D eigenvalue weighted by molar-refractivity contribution is -0.139. The largest absolute Gasteiger partial charge is 0.479 e. The van der Waals surface area contributed by atoms with Crippen molar-refractivity contribution in [1.82, 2.24) is 9.97 Å². The summed E-state index contributed by atoms with van der Waals surface area (Å²) in [5.41, 5.74) is 2.18. The van der Waals surface area contributed by atoms with E-state index in [4.69, 9.17) is 9.84 Å². The molecule has 1 aromatic rings. The summed E-state index contributed by atoms with van der Waals surface area (Å²) in [6.45, 7) is 4.99. The normalized spacial score (nSPS) is 9.93. The van der Waals surface area contributed by atoms with Crippen LogP contribution in [0.3, 0.4) is 0 Å². The molecule has 0 unspecified atom stereocenters. The fourth-order valence-electron chi connectivity index (χ4n) is 0.961. The van der Waals surface area contributed by atoms with E-state index in [1.165, 1.54) is 0 Å². The molecule has 0 saturated carbocycles. The molecule has 0 saturated heterocycles. The Balaban J connectivity index is 2.87. The highest BCUT2D eigenvalue weighted by atomic mass is 16.5. The molecule has 1 N–H and O–H groups in total. The standard InChI is InChI=1S/C9H12N2O3/c1-5-6(2)11-9(7(3)10-5)14-4-8(12)13/h4H2,1-3H3,(H,12,13). The molecular formula is C9H12N2O3. The van der Waals surface area contributed by atoms with Gasteiger partial charge in [0, 0.05) is 0 Å². The van der Waals surface area contributed by atoms with Crippen molar-refractivity contribution in [2.45, 2.75) is 20.8 Å². The van der Waals surface area contributed by atoms with Gasteiger partial charge in [-0.3, -0.25) is 4.98 Å². The van der Waals surface area contributed by atoms with Crippen molar-refractivity contribution in [3.8, 4) is 5.88 Å². The highest BCUT2D eigenvalue weighted by Gasteiger charge is 2.07. The van der Waals surface area contributed by atoms with Gasteiger partial charge >= 0.3 is 5.97 Å². The van der Waals surface area contributed by atoms with Gasteiger partial charge in [-0.1, -0.05) is 0 Å². The number of rotatable bonds is 3. The number of carboxylic acids is 1. The number of hydrogen-bond donors (Lipinski definition) is 1. The van der Waals surface area contributed by atoms with Crippen LogP contribution in [0, 0.1) is 20.8 Å². The molecule has 0 atom stereocenters. The van der Waals surface area contributed by atoms with E-state index in [-0.39, 0.29) is 5.88 Å². The second kappa shape index (κ2) is 4.04. The lowest BCUT2D eigenvalue weighted by Gasteiger charge is -2.07. The molecule has 1 rings (SSSR count). The number of aromatic nitrogens is 2. The van der Waals surface area contributed by atoms with Crippen LogP contribution >= 0.6 is 0 Å². The maximum Gasteiger partial charge on any atom is 0.341 e. The van der Waals surface area contributed by atoms with Crippen LogP contribution in [-0.4, -0.2) is 27.7 Å². The first-order valence-electron chi connectivity index (χ1n) is 4.17. The molecule has 0 spiro atoms. The summed E-state index contributed by atoms with van der Waals surface area (Å²) in [7, 11) is 0.